The Morgan fingerprint density at radius 3 is 2.81 bits per heavy atom. The van der Waals surface area contributed by atoms with E-state index < -0.39 is 6.04 Å². The first-order chi connectivity index (χ1) is 7.65. The first-order valence-electron chi connectivity index (χ1n) is 5.85. The third-order valence-electron chi connectivity index (χ3n) is 2.63. The fourth-order valence-corrected chi connectivity index (χ4v) is 1.72. The van der Waals surface area contributed by atoms with Crippen molar-refractivity contribution in [1.29, 1.82) is 0 Å². The average molecular weight is 228 g/mol. The molecule has 5 nitrogen and oxygen atoms in total. The summed E-state index contributed by atoms with van der Waals surface area (Å²) in [6, 6.07) is -0.734. The first kappa shape index (κ1) is 13.0. The van der Waals surface area contributed by atoms with Gasteiger partial charge in [-0.2, -0.15) is 0 Å². The summed E-state index contributed by atoms with van der Waals surface area (Å²) in [5.74, 6) is -0.494. The molecule has 2 atom stereocenters. The molecule has 1 aliphatic heterocycles. The first-order valence-corrected chi connectivity index (χ1v) is 5.85. The van der Waals surface area contributed by atoms with E-state index in [0.29, 0.717) is 6.61 Å². The van der Waals surface area contributed by atoms with Crippen LogP contribution in [0.5, 0.6) is 0 Å². The van der Waals surface area contributed by atoms with Crippen LogP contribution in [0, 0.1) is 0 Å². The predicted molar refractivity (Wildman–Crippen MR) is 59.9 cm³/mol. The summed E-state index contributed by atoms with van der Waals surface area (Å²) >= 11 is 0. The van der Waals surface area contributed by atoms with Gasteiger partial charge < -0.3 is 15.4 Å². The summed E-state index contributed by atoms with van der Waals surface area (Å²) < 4.78 is 4.82. The van der Waals surface area contributed by atoms with Gasteiger partial charge in [0.1, 0.15) is 6.04 Å². The van der Waals surface area contributed by atoms with Crippen molar-refractivity contribution in [1.82, 2.24) is 10.6 Å². The van der Waals surface area contributed by atoms with Crippen LogP contribution in [-0.4, -0.2) is 37.1 Å². The molecule has 1 amide bonds. The Morgan fingerprint density at radius 1 is 1.50 bits per heavy atom. The summed E-state index contributed by atoms with van der Waals surface area (Å²) in [6.07, 6.45) is 3.00. The van der Waals surface area contributed by atoms with Crippen LogP contribution in [0.1, 0.15) is 33.1 Å². The molecule has 0 aromatic carbocycles. The minimum atomic E-state index is -0.573. The van der Waals surface area contributed by atoms with E-state index in [0.717, 1.165) is 25.8 Å². The van der Waals surface area contributed by atoms with Crippen LogP contribution in [0.25, 0.3) is 0 Å². The number of ether oxygens (including phenoxy) is 1. The van der Waals surface area contributed by atoms with Crippen LogP contribution in [0.2, 0.25) is 0 Å². The molecule has 0 radical (unpaired) electrons. The maximum Gasteiger partial charge on any atom is 0.328 e. The lowest BCUT2D eigenvalue weighted by Gasteiger charge is -2.23. The van der Waals surface area contributed by atoms with E-state index in [4.69, 9.17) is 4.74 Å². The molecule has 5 heteroatoms. The molecule has 0 aliphatic carbocycles. The molecule has 1 heterocycles. The van der Waals surface area contributed by atoms with Crippen molar-refractivity contribution in [2.75, 3.05) is 13.2 Å². The van der Waals surface area contributed by atoms with Crippen molar-refractivity contribution >= 4 is 11.9 Å². The zero-order valence-corrected chi connectivity index (χ0v) is 9.91. The number of piperidine rings is 1. The fourth-order valence-electron chi connectivity index (χ4n) is 1.72. The third kappa shape index (κ3) is 3.81. The highest BCUT2D eigenvalue weighted by Crippen LogP contribution is 2.07. The minimum Gasteiger partial charge on any atom is -0.464 e. The van der Waals surface area contributed by atoms with E-state index in [9.17, 15) is 9.59 Å². The normalized spacial score (nSPS) is 22.2. The highest BCUT2D eigenvalue weighted by molar-refractivity contribution is 5.87. The van der Waals surface area contributed by atoms with E-state index in [1.54, 1.807) is 13.8 Å². The van der Waals surface area contributed by atoms with Gasteiger partial charge in [0.15, 0.2) is 0 Å². The number of rotatable bonds is 4. The molecule has 16 heavy (non-hydrogen) atoms. The van der Waals surface area contributed by atoms with Crippen molar-refractivity contribution in [3.63, 3.8) is 0 Å². The lowest BCUT2D eigenvalue weighted by atomic mass is 10.0. The van der Waals surface area contributed by atoms with Gasteiger partial charge in [-0.05, 0) is 33.2 Å². The minimum absolute atomic E-state index is 0.111. The lowest BCUT2D eigenvalue weighted by Crippen LogP contribution is -2.51. The Kier molecular flexibility index (Phi) is 5.25. The van der Waals surface area contributed by atoms with Gasteiger partial charge in [0, 0.05) is 0 Å². The van der Waals surface area contributed by atoms with Crippen LogP contribution >= 0.6 is 0 Å². The lowest BCUT2D eigenvalue weighted by molar-refractivity contribution is -0.147. The van der Waals surface area contributed by atoms with Gasteiger partial charge >= 0.3 is 5.97 Å². The summed E-state index contributed by atoms with van der Waals surface area (Å²) in [4.78, 5) is 23.0. The number of nitrogens with one attached hydrogen (secondary N) is 2. The molecule has 1 rings (SSSR count). The highest BCUT2D eigenvalue weighted by Gasteiger charge is 2.24. The monoisotopic (exact) mass is 228 g/mol. The van der Waals surface area contributed by atoms with Crippen LogP contribution in [0.15, 0.2) is 0 Å². The molecule has 1 aliphatic rings. The van der Waals surface area contributed by atoms with E-state index in [1.165, 1.54) is 0 Å². The molecule has 92 valence electrons. The van der Waals surface area contributed by atoms with Gasteiger partial charge in [-0.3, -0.25) is 4.79 Å². The van der Waals surface area contributed by atoms with E-state index >= 15 is 0 Å². The van der Waals surface area contributed by atoms with Crippen LogP contribution in [0.3, 0.4) is 0 Å². The van der Waals surface area contributed by atoms with E-state index in [2.05, 4.69) is 10.6 Å². The number of carbonyl (C=O) groups is 2. The second-order valence-electron chi connectivity index (χ2n) is 3.98. The number of amides is 1. The smallest absolute Gasteiger partial charge is 0.328 e. The summed E-state index contributed by atoms with van der Waals surface area (Å²) in [5.41, 5.74) is 0. The number of hydrogen-bond donors (Lipinski definition) is 2. The molecule has 2 N–H and O–H groups in total. The topological polar surface area (TPSA) is 67.4 Å². The molecular weight excluding hydrogens is 208 g/mol. The third-order valence-corrected chi connectivity index (χ3v) is 2.63. The molecule has 0 spiro atoms. The van der Waals surface area contributed by atoms with Crippen LogP contribution in [0.4, 0.5) is 0 Å². The quantitative estimate of drug-likeness (QED) is 0.674. The molecule has 0 aromatic rings. The van der Waals surface area contributed by atoms with Crippen molar-refractivity contribution in [2.24, 2.45) is 0 Å². The van der Waals surface area contributed by atoms with Gasteiger partial charge in [0.2, 0.25) is 5.91 Å². The average Bonchev–Trinajstić information content (AvgIpc) is 2.30. The maximum absolute atomic E-state index is 11.7. The molecule has 0 aromatic heterocycles. The van der Waals surface area contributed by atoms with Gasteiger partial charge in [-0.15, -0.1) is 0 Å². The van der Waals surface area contributed by atoms with E-state index in [-0.39, 0.29) is 17.9 Å². The Bertz CT molecular complexity index is 250. The standard InChI is InChI=1S/C11H20N2O3/c1-3-16-11(15)8(2)13-10(14)9-6-4-5-7-12-9/h8-9,12H,3-7H2,1-2H3,(H,13,14). The number of hydrogen-bond acceptors (Lipinski definition) is 4. The van der Waals surface area contributed by atoms with Gasteiger partial charge in [-0.1, -0.05) is 6.42 Å². The predicted octanol–water partition coefficient (Wildman–Crippen LogP) is 0.196. The number of carbonyl (C=O) groups excluding carboxylic acids is 2. The Labute approximate surface area is 95.9 Å². The Balaban J connectivity index is 2.34. The molecule has 1 saturated heterocycles. The van der Waals surface area contributed by atoms with Crippen LogP contribution < -0.4 is 10.6 Å². The van der Waals surface area contributed by atoms with Gasteiger partial charge in [0.05, 0.1) is 12.6 Å². The Hall–Kier alpha value is -1.10. The SMILES string of the molecule is CCOC(=O)C(C)NC(=O)C1CCCCN1. The maximum atomic E-state index is 11.7. The van der Waals surface area contributed by atoms with Crippen molar-refractivity contribution in [2.45, 2.75) is 45.2 Å². The van der Waals surface area contributed by atoms with Crippen molar-refractivity contribution in [3.8, 4) is 0 Å². The van der Waals surface area contributed by atoms with Gasteiger partial charge in [-0.25, -0.2) is 4.79 Å². The molecule has 2 unspecified atom stereocenters. The number of esters is 1. The second kappa shape index (κ2) is 6.48. The summed E-state index contributed by atoms with van der Waals surface area (Å²) in [7, 11) is 0. The summed E-state index contributed by atoms with van der Waals surface area (Å²) in [6.45, 7) is 4.58. The zero-order valence-electron chi connectivity index (χ0n) is 9.91. The van der Waals surface area contributed by atoms with Crippen LogP contribution in [-0.2, 0) is 14.3 Å². The molecule has 0 saturated carbocycles. The van der Waals surface area contributed by atoms with E-state index in [1.807, 2.05) is 0 Å². The zero-order chi connectivity index (χ0) is 12.0. The van der Waals surface area contributed by atoms with Gasteiger partial charge in [0.25, 0.3) is 0 Å². The molecule has 1 fully saturated rings. The second-order valence-corrected chi connectivity index (χ2v) is 3.98. The highest BCUT2D eigenvalue weighted by atomic mass is 16.5. The molecular formula is C11H20N2O3. The Morgan fingerprint density at radius 2 is 2.25 bits per heavy atom. The summed E-state index contributed by atoms with van der Waals surface area (Å²) in [5, 5.41) is 5.79. The van der Waals surface area contributed by atoms with Crippen molar-refractivity contribution < 1.29 is 14.3 Å². The van der Waals surface area contributed by atoms with Crippen molar-refractivity contribution in [3.05, 3.63) is 0 Å². The largest absolute Gasteiger partial charge is 0.464 e. The molecule has 0 bridgehead atoms. The fraction of sp³-hybridized carbons (Fsp3) is 0.818.